The smallest absolute Gasteiger partial charge is 0.123 e. The molecular weight excluding hydrogens is 448 g/mol. The summed E-state index contributed by atoms with van der Waals surface area (Å²) in [6, 6.07) is 0. The summed E-state index contributed by atoms with van der Waals surface area (Å²) in [6.07, 6.45) is 50.1. The SMILES string of the molecule is CCCCCC=CCC=CCC=CCC=CCCCCC(C=O)CCCCCCCCCCCCCC. The van der Waals surface area contributed by atoms with Crippen LogP contribution in [0.3, 0.4) is 0 Å². The molecule has 0 aliphatic heterocycles. The Morgan fingerprint density at radius 1 is 0.405 bits per heavy atom. The van der Waals surface area contributed by atoms with Crippen LogP contribution < -0.4 is 0 Å². The van der Waals surface area contributed by atoms with Gasteiger partial charge >= 0.3 is 0 Å². The molecule has 0 aliphatic rings. The molecule has 0 heterocycles. The van der Waals surface area contributed by atoms with E-state index in [9.17, 15) is 4.79 Å². The minimum Gasteiger partial charge on any atom is -0.303 e. The third-order valence-corrected chi connectivity index (χ3v) is 7.27. The maximum atomic E-state index is 11.4. The number of unbranched alkanes of at least 4 members (excludes halogenated alkanes) is 16. The number of allylic oxidation sites excluding steroid dienone is 8. The van der Waals surface area contributed by atoms with Crippen molar-refractivity contribution >= 4 is 6.29 Å². The van der Waals surface area contributed by atoms with Crippen LogP contribution in [-0.2, 0) is 4.79 Å². The molecule has 0 aromatic rings. The van der Waals surface area contributed by atoms with Crippen LogP contribution in [0.1, 0.15) is 168 Å². The summed E-state index contributed by atoms with van der Waals surface area (Å²) in [7, 11) is 0. The molecule has 0 fully saturated rings. The van der Waals surface area contributed by atoms with Gasteiger partial charge in [-0.05, 0) is 57.8 Å². The molecule has 1 heteroatoms. The summed E-state index contributed by atoms with van der Waals surface area (Å²) in [5, 5.41) is 0. The Labute approximate surface area is 233 Å². The number of aldehydes is 1. The first-order chi connectivity index (χ1) is 18.3. The van der Waals surface area contributed by atoms with E-state index in [4.69, 9.17) is 0 Å². The number of carbonyl (C=O) groups is 1. The molecular formula is C36H64O. The standard InChI is InChI=1S/C36H64O/c1-3-5-7-9-11-13-15-17-18-19-20-21-22-24-26-28-30-32-34-36(35-37)33-31-29-27-25-23-16-14-12-10-8-6-4-2/h11,13,17-18,20-21,24,26,35-36H,3-10,12,14-16,19,22-23,25,27-34H2,1-2H3. The van der Waals surface area contributed by atoms with Crippen molar-refractivity contribution in [2.45, 2.75) is 168 Å². The van der Waals surface area contributed by atoms with E-state index in [1.807, 2.05) is 0 Å². The van der Waals surface area contributed by atoms with Crippen LogP contribution in [0.25, 0.3) is 0 Å². The summed E-state index contributed by atoms with van der Waals surface area (Å²) in [4.78, 5) is 11.4. The Bertz CT molecular complexity index is 553. The zero-order valence-corrected chi connectivity index (χ0v) is 25.2. The van der Waals surface area contributed by atoms with Crippen molar-refractivity contribution in [3.8, 4) is 0 Å². The second kappa shape index (κ2) is 32.7. The lowest BCUT2D eigenvalue weighted by molar-refractivity contribution is -0.111. The van der Waals surface area contributed by atoms with E-state index < -0.39 is 0 Å². The lowest BCUT2D eigenvalue weighted by atomic mass is 9.95. The van der Waals surface area contributed by atoms with Gasteiger partial charge in [0.15, 0.2) is 0 Å². The van der Waals surface area contributed by atoms with Crippen molar-refractivity contribution in [2.24, 2.45) is 5.92 Å². The second-order valence-electron chi connectivity index (χ2n) is 10.9. The van der Waals surface area contributed by atoms with Gasteiger partial charge in [-0.2, -0.15) is 0 Å². The molecule has 0 aromatic heterocycles. The van der Waals surface area contributed by atoms with Gasteiger partial charge in [-0.25, -0.2) is 0 Å². The molecule has 0 aromatic carbocycles. The van der Waals surface area contributed by atoms with Crippen molar-refractivity contribution in [3.63, 3.8) is 0 Å². The summed E-state index contributed by atoms with van der Waals surface area (Å²) >= 11 is 0. The molecule has 37 heavy (non-hydrogen) atoms. The Morgan fingerprint density at radius 3 is 1.16 bits per heavy atom. The molecule has 0 rings (SSSR count). The van der Waals surface area contributed by atoms with Gasteiger partial charge in [-0.1, -0.05) is 159 Å². The highest BCUT2D eigenvalue weighted by Crippen LogP contribution is 2.17. The molecule has 0 spiro atoms. The maximum Gasteiger partial charge on any atom is 0.123 e. The molecule has 0 aliphatic carbocycles. The van der Waals surface area contributed by atoms with Gasteiger partial charge in [0.25, 0.3) is 0 Å². The predicted octanol–water partition coefficient (Wildman–Crippen LogP) is 12.4. The van der Waals surface area contributed by atoms with E-state index in [1.54, 1.807) is 0 Å². The van der Waals surface area contributed by atoms with Crippen LogP contribution in [-0.4, -0.2) is 6.29 Å². The molecule has 1 nitrogen and oxygen atoms in total. The lowest BCUT2D eigenvalue weighted by Gasteiger charge is -2.09. The molecule has 1 atom stereocenters. The molecule has 0 saturated carbocycles. The largest absolute Gasteiger partial charge is 0.303 e. The van der Waals surface area contributed by atoms with E-state index in [0.717, 1.165) is 38.5 Å². The van der Waals surface area contributed by atoms with E-state index in [0.29, 0.717) is 5.92 Å². The maximum absolute atomic E-state index is 11.4. The fourth-order valence-electron chi connectivity index (χ4n) is 4.76. The molecule has 0 saturated heterocycles. The average molecular weight is 513 g/mol. The first-order valence-electron chi connectivity index (χ1n) is 16.4. The molecule has 0 bridgehead atoms. The van der Waals surface area contributed by atoms with Crippen molar-refractivity contribution in [2.75, 3.05) is 0 Å². The zero-order valence-electron chi connectivity index (χ0n) is 25.2. The van der Waals surface area contributed by atoms with E-state index >= 15 is 0 Å². The molecule has 214 valence electrons. The summed E-state index contributed by atoms with van der Waals surface area (Å²) in [5.41, 5.74) is 0. The van der Waals surface area contributed by atoms with Crippen LogP contribution in [0, 0.1) is 5.92 Å². The normalized spacial score (nSPS) is 13.1. The van der Waals surface area contributed by atoms with Gasteiger partial charge in [0.2, 0.25) is 0 Å². The van der Waals surface area contributed by atoms with E-state index in [-0.39, 0.29) is 0 Å². The minimum atomic E-state index is 0.291. The Balaban J connectivity index is 3.48. The monoisotopic (exact) mass is 512 g/mol. The van der Waals surface area contributed by atoms with Crippen molar-refractivity contribution in [1.82, 2.24) is 0 Å². The minimum absolute atomic E-state index is 0.291. The van der Waals surface area contributed by atoms with Gasteiger partial charge < -0.3 is 4.79 Å². The molecule has 0 N–H and O–H groups in total. The Morgan fingerprint density at radius 2 is 0.730 bits per heavy atom. The third-order valence-electron chi connectivity index (χ3n) is 7.27. The van der Waals surface area contributed by atoms with E-state index in [2.05, 4.69) is 62.5 Å². The highest BCUT2D eigenvalue weighted by molar-refractivity contribution is 5.53. The van der Waals surface area contributed by atoms with Gasteiger partial charge in [-0.3, -0.25) is 0 Å². The second-order valence-corrected chi connectivity index (χ2v) is 10.9. The average Bonchev–Trinajstić information content (AvgIpc) is 2.91. The van der Waals surface area contributed by atoms with Crippen LogP contribution >= 0.6 is 0 Å². The summed E-state index contributed by atoms with van der Waals surface area (Å²) < 4.78 is 0. The number of hydrogen-bond donors (Lipinski definition) is 0. The van der Waals surface area contributed by atoms with Crippen molar-refractivity contribution in [3.05, 3.63) is 48.6 Å². The van der Waals surface area contributed by atoms with Crippen LogP contribution in [0.5, 0.6) is 0 Å². The van der Waals surface area contributed by atoms with Gasteiger partial charge in [-0.15, -0.1) is 0 Å². The highest BCUT2D eigenvalue weighted by atomic mass is 16.1. The van der Waals surface area contributed by atoms with Crippen molar-refractivity contribution < 1.29 is 4.79 Å². The lowest BCUT2D eigenvalue weighted by Crippen LogP contribution is -2.02. The molecule has 1 unspecified atom stereocenters. The zero-order chi connectivity index (χ0) is 26.9. The number of rotatable bonds is 29. The molecule has 0 radical (unpaired) electrons. The Hall–Kier alpha value is -1.37. The fraction of sp³-hybridized carbons (Fsp3) is 0.750. The van der Waals surface area contributed by atoms with Crippen molar-refractivity contribution in [1.29, 1.82) is 0 Å². The first kappa shape index (κ1) is 35.6. The van der Waals surface area contributed by atoms with Crippen LogP contribution in [0.4, 0.5) is 0 Å². The number of hydrogen-bond acceptors (Lipinski definition) is 1. The van der Waals surface area contributed by atoms with Crippen LogP contribution in [0.15, 0.2) is 48.6 Å². The Kier molecular flexibility index (Phi) is 31.4. The number of carbonyl (C=O) groups excluding carboxylic acids is 1. The fourth-order valence-corrected chi connectivity index (χ4v) is 4.76. The van der Waals surface area contributed by atoms with Gasteiger partial charge in [0, 0.05) is 5.92 Å². The first-order valence-corrected chi connectivity index (χ1v) is 16.4. The summed E-state index contributed by atoms with van der Waals surface area (Å²) in [6.45, 7) is 4.54. The molecule has 0 amide bonds. The van der Waals surface area contributed by atoms with Gasteiger partial charge in [0.05, 0.1) is 0 Å². The highest BCUT2D eigenvalue weighted by Gasteiger charge is 2.06. The van der Waals surface area contributed by atoms with Gasteiger partial charge in [0.1, 0.15) is 6.29 Å². The quantitative estimate of drug-likeness (QED) is 0.0553. The topological polar surface area (TPSA) is 17.1 Å². The van der Waals surface area contributed by atoms with Crippen LogP contribution in [0.2, 0.25) is 0 Å². The summed E-state index contributed by atoms with van der Waals surface area (Å²) in [5.74, 6) is 0.291. The predicted molar refractivity (Wildman–Crippen MR) is 168 cm³/mol. The third kappa shape index (κ3) is 30.7. The van der Waals surface area contributed by atoms with E-state index in [1.165, 1.54) is 122 Å².